The summed E-state index contributed by atoms with van der Waals surface area (Å²) in [6.07, 6.45) is 6.46. The summed E-state index contributed by atoms with van der Waals surface area (Å²) in [5.74, 6) is -0.0486. The smallest absolute Gasteiger partial charge is 0.196 e. The minimum absolute atomic E-state index is 0.0486. The molecule has 0 bridgehead atoms. The molecule has 0 fully saturated rings. The summed E-state index contributed by atoms with van der Waals surface area (Å²) in [5.41, 5.74) is 11.5. The number of rotatable bonds is 4. The monoisotopic (exact) mass is 345 g/mol. The highest BCUT2D eigenvalue weighted by Crippen LogP contribution is 2.33. The fraction of sp³-hybridized carbons (Fsp3) is 0.208. The molecule has 0 radical (unpaired) electrons. The lowest BCUT2D eigenvalue weighted by Crippen LogP contribution is -2.02. The van der Waals surface area contributed by atoms with Crippen LogP contribution in [0.5, 0.6) is 0 Å². The zero-order valence-electron chi connectivity index (χ0n) is 15.9. The number of ketones is 1. The number of unbranched alkanes of at least 4 members (excludes halogenated alkanes) is 1. The van der Waals surface area contributed by atoms with Gasteiger partial charge in [0, 0.05) is 11.1 Å². The van der Waals surface area contributed by atoms with Crippen LogP contribution in [0, 0.1) is 6.92 Å². The van der Waals surface area contributed by atoms with Crippen LogP contribution in [-0.2, 0) is 0 Å². The van der Waals surface area contributed by atoms with Crippen molar-refractivity contribution in [1.29, 1.82) is 0 Å². The summed E-state index contributed by atoms with van der Waals surface area (Å²) in [4.78, 5) is 12.5. The maximum atomic E-state index is 12.5. The number of hydrogen-bond acceptors (Lipinski definition) is 2. The van der Waals surface area contributed by atoms with Gasteiger partial charge in [-0.2, -0.15) is 0 Å². The number of fused-ring (bicyclic) bond motifs is 1. The van der Waals surface area contributed by atoms with Gasteiger partial charge in [-0.25, -0.2) is 0 Å². The lowest BCUT2D eigenvalue weighted by Gasteiger charge is -2.03. The van der Waals surface area contributed by atoms with Crippen molar-refractivity contribution in [3.8, 4) is 0 Å². The van der Waals surface area contributed by atoms with Gasteiger partial charge in [-0.1, -0.05) is 94.0 Å². The molecule has 0 amide bonds. The normalized spacial score (nSPS) is 12.8. The molecule has 0 heterocycles. The van der Waals surface area contributed by atoms with Gasteiger partial charge in [-0.05, 0) is 23.6 Å². The molecule has 2 nitrogen and oxygen atoms in total. The standard InChI is InChI=1S/C20H17NO.C4H10/c1-13-7-3-4-8-15(13)12-11-14(2)18-19(21)16-9-5-6-10-17(16)20(18)22;1-3-4-2/h3-12H,2,21H2,1H3;3-4H2,1-2H3/b12-11-;. The Morgan fingerprint density at radius 3 is 2.15 bits per heavy atom. The van der Waals surface area contributed by atoms with Crippen LogP contribution < -0.4 is 5.73 Å². The third-order valence-electron chi connectivity index (χ3n) is 4.43. The van der Waals surface area contributed by atoms with Crippen LogP contribution in [0.25, 0.3) is 11.8 Å². The number of allylic oxidation sites excluding steroid dienone is 3. The van der Waals surface area contributed by atoms with Crippen LogP contribution in [-0.4, -0.2) is 5.78 Å². The first-order chi connectivity index (χ1) is 12.5. The van der Waals surface area contributed by atoms with E-state index in [1.54, 1.807) is 6.07 Å². The lowest BCUT2D eigenvalue weighted by atomic mass is 10.0. The molecule has 134 valence electrons. The largest absolute Gasteiger partial charge is 0.398 e. The number of nitrogens with two attached hydrogens (primary N) is 1. The van der Waals surface area contributed by atoms with Crippen molar-refractivity contribution in [2.45, 2.75) is 33.6 Å². The second kappa shape index (κ2) is 9.00. The van der Waals surface area contributed by atoms with Crippen LogP contribution in [0.1, 0.15) is 53.7 Å². The summed E-state index contributed by atoms with van der Waals surface area (Å²) < 4.78 is 0. The predicted octanol–water partition coefficient (Wildman–Crippen LogP) is 5.94. The highest BCUT2D eigenvalue weighted by Gasteiger charge is 2.28. The average molecular weight is 345 g/mol. The zero-order valence-corrected chi connectivity index (χ0v) is 15.9. The lowest BCUT2D eigenvalue weighted by molar-refractivity contribution is 0.104. The molecular formula is C24H27NO. The van der Waals surface area contributed by atoms with Crippen LogP contribution in [0.3, 0.4) is 0 Å². The Morgan fingerprint density at radius 2 is 1.58 bits per heavy atom. The highest BCUT2D eigenvalue weighted by atomic mass is 16.1. The van der Waals surface area contributed by atoms with Crippen LogP contribution >= 0.6 is 0 Å². The van der Waals surface area contributed by atoms with E-state index in [1.165, 1.54) is 18.4 Å². The maximum Gasteiger partial charge on any atom is 0.196 e. The zero-order chi connectivity index (χ0) is 19.1. The Balaban J connectivity index is 0.000000552. The van der Waals surface area contributed by atoms with Crippen LogP contribution in [0.15, 0.2) is 72.3 Å². The van der Waals surface area contributed by atoms with Gasteiger partial charge in [-0.15, -0.1) is 0 Å². The van der Waals surface area contributed by atoms with E-state index in [0.717, 1.165) is 11.1 Å². The molecule has 0 saturated carbocycles. The topological polar surface area (TPSA) is 43.1 Å². The molecule has 0 aliphatic heterocycles. The highest BCUT2D eigenvalue weighted by molar-refractivity contribution is 6.23. The van der Waals surface area contributed by atoms with E-state index in [9.17, 15) is 4.79 Å². The fourth-order valence-electron chi connectivity index (χ4n) is 2.67. The Bertz CT molecular complexity index is 869. The number of hydrogen-bond donors (Lipinski definition) is 1. The van der Waals surface area contributed by atoms with Gasteiger partial charge in [-0.3, -0.25) is 4.79 Å². The number of Topliss-reactive ketones (excluding diaryl/α,β-unsaturated/α-hetero) is 1. The molecule has 2 aromatic carbocycles. The first kappa shape index (κ1) is 19.5. The summed E-state index contributed by atoms with van der Waals surface area (Å²) in [7, 11) is 0. The maximum absolute atomic E-state index is 12.5. The number of carbonyl (C=O) groups is 1. The number of carbonyl (C=O) groups excluding carboxylic acids is 1. The van der Waals surface area contributed by atoms with Crippen LogP contribution in [0.2, 0.25) is 0 Å². The van der Waals surface area contributed by atoms with Crippen molar-refractivity contribution < 1.29 is 4.79 Å². The van der Waals surface area contributed by atoms with Gasteiger partial charge in [0.05, 0.1) is 11.3 Å². The molecule has 2 aromatic rings. The average Bonchev–Trinajstić information content (AvgIpc) is 2.92. The van der Waals surface area contributed by atoms with Crippen LogP contribution in [0.4, 0.5) is 0 Å². The molecule has 0 atom stereocenters. The molecule has 2 heteroatoms. The minimum Gasteiger partial charge on any atom is -0.398 e. The molecule has 0 aromatic heterocycles. The second-order valence-corrected chi connectivity index (χ2v) is 6.38. The first-order valence-electron chi connectivity index (χ1n) is 9.08. The Morgan fingerprint density at radius 1 is 1.00 bits per heavy atom. The molecule has 1 aliphatic carbocycles. The van der Waals surface area contributed by atoms with Crippen molar-refractivity contribution in [3.05, 3.63) is 94.6 Å². The molecule has 2 N–H and O–H groups in total. The molecule has 3 rings (SSSR count). The van der Waals surface area contributed by atoms with Crippen molar-refractivity contribution in [2.24, 2.45) is 5.73 Å². The summed E-state index contributed by atoms with van der Waals surface area (Å²) in [6.45, 7) is 10.4. The second-order valence-electron chi connectivity index (χ2n) is 6.38. The van der Waals surface area contributed by atoms with E-state index in [-0.39, 0.29) is 5.78 Å². The summed E-state index contributed by atoms with van der Waals surface area (Å²) >= 11 is 0. The van der Waals surface area contributed by atoms with E-state index in [4.69, 9.17) is 5.73 Å². The third kappa shape index (κ3) is 4.20. The van der Waals surface area contributed by atoms with Gasteiger partial charge in [0.15, 0.2) is 5.78 Å². The van der Waals surface area contributed by atoms with Gasteiger partial charge in [0.2, 0.25) is 0 Å². The molecule has 1 aliphatic rings. The first-order valence-corrected chi connectivity index (χ1v) is 9.08. The SMILES string of the molecule is C=C(/C=C\c1ccccc1C)C1=C(N)c2ccccc2C1=O.CCCC. The van der Waals surface area contributed by atoms with Crippen molar-refractivity contribution in [2.75, 3.05) is 0 Å². The quantitative estimate of drug-likeness (QED) is 0.697. The van der Waals surface area contributed by atoms with E-state index in [1.807, 2.05) is 61.5 Å². The Labute approximate surface area is 156 Å². The summed E-state index contributed by atoms with van der Waals surface area (Å²) in [5, 5.41) is 0. The minimum atomic E-state index is -0.0486. The molecule has 0 spiro atoms. The number of aryl methyl sites for hydroxylation is 1. The van der Waals surface area contributed by atoms with Gasteiger partial charge in [0.25, 0.3) is 0 Å². The fourth-order valence-corrected chi connectivity index (χ4v) is 2.67. The van der Waals surface area contributed by atoms with E-state index in [0.29, 0.717) is 22.4 Å². The molecular weight excluding hydrogens is 318 g/mol. The van der Waals surface area contributed by atoms with E-state index in [2.05, 4.69) is 20.4 Å². The van der Waals surface area contributed by atoms with E-state index >= 15 is 0 Å². The molecule has 0 unspecified atom stereocenters. The summed E-state index contributed by atoms with van der Waals surface area (Å²) in [6, 6.07) is 15.5. The van der Waals surface area contributed by atoms with Gasteiger partial charge in [0.1, 0.15) is 0 Å². The molecule has 0 saturated heterocycles. The van der Waals surface area contributed by atoms with E-state index < -0.39 is 0 Å². The molecule has 26 heavy (non-hydrogen) atoms. The van der Waals surface area contributed by atoms with Crippen molar-refractivity contribution in [3.63, 3.8) is 0 Å². The van der Waals surface area contributed by atoms with Crippen molar-refractivity contribution >= 4 is 17.6 Å². The van der Waals surface area contributed by atoms with Crippen molar-refractivity contribution in [1.82, 2.24) is 0 Å². The predicted molar refractivity (Wildman–Crippen MR) is 112 cm³/mol. The Kier molecular flexibility index (Phi) is 6.74. The van der Waals surface area contributed by atoms with Gasteiger partial charge >= 0.3 is 0 Å². The van der Waals surface area contributed by atoms with Gasteiger partial charge < -0.3 is 5.73 Å². The third-order valence-corrected chi connectivity index (χ3v) is 4.43. The Hall–Kier alpha value is -2.87. The number of benzene rings is 2.